The molecule has 130 valence electrons. The Hall–Kier alpha value is -3.60. The predicted molar refractivity (Wildman–Crippen MR) is 100 cm³/mol. The first kappa shape index (κ1) is 17.2. The number of anilines is 1. The molecule has 0 atom stereocenters. The lowest BCUT2D eigenvalue weighted by Crippen LogP contribution is -2.24. The van der Waals surface area contributed by atoms with Gasteiger partial charge in [-0.05, 0) is 35.9 Å². The van der Waals surface area contributed by atoms with Crippen molar-refractivity contribution >= 4 is 23.6 Å². The quantitative estimate of drug-likeness (QED) is 0.666. The summed E-state index contributed by atoms with van der Waals surface area (Å²) in [6.07, 6.45) is 4.70. The van der Waals surface area contributed by atoms with E-state index in [1.807, 2.05) is 30.3 Å². The zero-order chi connectivity index (χ0) is 18.2. The number of benzene rings is 2. The molecule has 5 nitrogen and oxygen atoms in total. The van der Waals surface area contributed by atoms with Gasteiger partial charge >= 0.3 is 0 Å². The van der Waals surface area contributed by atoms with Crippen molar-refractivity contribution in [2.24, 2.45) is 0 Å². The van der Waals surface area contributed by atoms with E-state index in [1.165, 1.54) is 6.08 Å². The number of hydrogen-bond donors (Lipinski definition) is 2. The fourth-order valence-corrected chi connectivity index (χ4v) is 2.38. The molecule has 0 fully saturated rings. The molecule has 2 aromatic carbocycles. The van der Waals surface area contributed by atoms with Crippen LogP contribution in [0, 0.1) is 0 Å². The molecule has 2 amide bonds. The number of hydrogen-bond acceptors (Lipinski definition) is 3. The number of amides is 2. The molecule has 3 aromatic rings. The Kier molecular flexibility index (Phi) is 5.62. The number of carbonyl (C=O) groups is 2. The van der Waals surface area contributed by atoms with Crippen molar-refractivity contribution in [2.45, 2.75) is 6.54 Å². The lowest BCUT2D eigenvalue weighted by Gasteiger charge is -2.10. The van der Waals surface area contributed by atoms with Crippen LogP contribution in [0.5, 0.6) is 0 Å². The van der Waals surface area contributed by atoms with Gasteiger partial charge in [-0.15, -0.1) is 0 Å². The Morgan fingerprint density at radius 2 is 1.69 bits per heavy atom. The molecule has 0 aliphatic carbocycles. The molecule has 3 rings (SSSR count). The van der Waals surface area contributed by atoms with Crippen LogP contribution in [0.3, 0.4) is 0 Å². The summed E-state index contributed by atoms with van der Waals surface area (Å²) in [4.78, 5) is 24.6. The fourth-order valence-electron chi connectivity index (χ4n) is 2.38. The number of furan rings is 1. The maximum atomic E-state index is 12.4. The molecular formula is C21H18N2O3. The summed E-state index contributed by atoms with van der Waals surface area (Å²) in [5.74, 6) is 0.0649. The highest BCUT2D eigenvalue weighted by atomic mass is 16.3. The smallest absolute Gasteiger partial charge is 0.253 e. The van der Waals surface area contributed by atoms with Gasteiger partial charge < -0.3 is 15.1 Å². The van der Waals surface area contributed by atoms with Crippen LogP contribution >= 0.6 is 0 Å². The van der Waals surface area contributed by atoms with Gasteiger partial charge in [0.2, 0.25) is 5.91 Å². The van der Waals surface area contributed by atoms with Crippen LogP contribution in [0.1, 0.15) is 21.7 Å². The molecule has 0 saturated carbocycles. The second-order valence-corrected chi connectivity index (χ2v) is 5.54. The highest BCUT2D eigenvalue weighted by Crippen LogP contribution is 2.15. The van der Waals surface area contributed by atoms with E-state index < -0.39 is 0 Å². The monoisotopic (exact) mass is 346 g/mol. The van der Waals surface area contributed by atoms with E-state index in [4.69, 9.17) is 4.42 Å². The van der Waals surface area contributed by atoms with Crippen LogP contribution in [0.15, 0.2) is 83.5 Å². The van der Waals surface area contributed by atoms with Crippen molar-refractivity contribution in [3.05, 3.63) is 96.0 Å². The first-order valence-electron chi connectivity index (χ1n) is 8.16. The molecule has 0 radical (unpaired) electrons. The largest absolute Gasteiger partial charge is 0.467 e. The number of carbonyl (C=O) groups excluding carboxylic acids is 2. The normalized spacial score (nSPS) is 10.6. The van der Waals surface area contributed by atoms with Crippen molar-refractivity contribution in [3.63, 3.8) is 0 Å². The van der Waals surface area contributed by atoms with Crippen LogP contribution < -0.4 is 10.6 Å². The van der Waals surface area contributed by atoms with E-state index in [0.29, 0.717) is 17.0 Å². The van der Waals surface area contributed by atoms with Crippen molar-refractivity contribution in [3.8, 4) is 0 Å². The van der Waals surface area contributed by atoms with E-state index in [9.17, 15) is 9.59 Å². The van der Waals surface area contributed by atoms with Gasteiger partial charge in [0, 0.05) is 6.08 Å². The molecule has 1 aromatic heterocycles. The minimum absolute atomic E-state index is 0.280. The van der Waals surface area contributed by atoms with Crippen molar-refractivity contribution in [1.82, 2.24) is 5.32 Å². The summed E-state index contributed by atoms with van der Waals surface area (Å²) >= 11 is 0. The molecule has 0 unspecified atom stereocenters. The third kappa shape index (κ3) is 4.70. The molecule has 2 N–H and O–H groups in total. The van der Waals surface area contributed by atoms with E-state index in [2.05, 4.69) is 10.6 Å². The minimum atomic E-state index is -0.305. The van der Waals surface area contributed by atoms with Crippen LogP contribution in [0.25, 0.3) is 6.08 Å². The van der Waals surface area contributed by atoms with Gasteiger partial charge in [-0.2, -0.15) is 0 Å². The highest BCUT2D eigenvalue weighted by molar-refractivity contribution is 6.07. The summed E-state index contributed by atoms with van der Waals surface area (Å²) in [5.41, 5.74) is 1.76. The SMILES string of the molecule is O=C(/C=C/c1ccccc1)Nc1ccccc1C(=O)NCc1ccco1. The number of rotatable bonds is 6. The van der Waals surface area contributed by atoms with Crippen LogP contribution in [-0.4, -0.2) is 11.8 Å². The van der Waals surface area contributed by atoms with Crippen LogP contribution in [0.2, 0.25) is 0 Å². The average Bonchev–Trinajstić information content (AvgIpc) is 3.19. The van der Waals surface area contributed by atoms with Gasteiger partial charge in [-0.1, -0.05) is 42.5 Å². The fraction of sp³-hybridized carbons (Fsp3) is 0.0476. The Morgan fingerprint density at radius 3 is 2.46 bits per heavy atom. The zero-order valence-corrected chi connectivity index (χ0v) is 14.0. The van der Waals surface area contributed by atoms with Gasteiger partial charge in [0.15, 0.2) is 0 Å². The van der Waals surface area contributed by atoms with Crippen LogP contribution in [0.4, 0.5) is 5.69 Å². The number of nitrogens with one attached hydrogen (secondary N) is 2. The van der Waals surface area contributed by atoms with Crippen LogP contribution in [-0.2, 0) is 11.3 Å². The third-order valence-corrected chi connectivity index (χ3v) is 3.66. The minimum Gasteiger partial charge on any atom is -0.467 e. The summed E-state index contributed by atoms with van der Waals surface area (Å²) < 4.78 is 5.19. The molecule has 0 aliphatic rings. The van der Waals surface area contributed by atoms with Gasteiger partial charge in [-0.3, -0.25) is 9.59 Å². The number of para-hydroxylation sites is 1. The maximum absolute atomic E-state index is 12.4. The standard InChI is InChI=1S/C21H18N2O3/c24-20(13-12-16-7-2-1-3-8-16)23-19-11-5-4-10-18(19)21(25)22-15-17-9-6-14-26-17/h1-14H,15H2,(H,22,25)(H,23,24)/b13-12+. The molecule has 0 bridgehead atoms. The molecule has 5 heteroatoms. The maximum Gasteiger partial charge on any atom is 0.253 e. The molecule has 0 aliphatic heterocycles. The van der Waals surface area contributed by atoms with E-state index in [0.717, 1.165) is 5.56 Å². The van der Waals surface area contributed by atoms with E-state index in [-0.39, 0.29) is 18.4 Å². The average molecular weight is 346 g/mol. The Labute approximate surface area is 151 Å². The summed E-state index contributed by atoms with van der Waals surface area (Å²) in [5, 5.41) is 5.52. The van der Waals surface area contributed by atoms with Gasteiger partial charge in [-0.25, -0.2) is 0 Å². The van der Waals surface area contributed by atoms with E-state index >= 15 is 0 Å². The Morgan fingerprint density at radius 1 is 0.923 bits per heavy atom. The first-order chi connectivity index (χ1) is 12.7. The zero-order valence-electron chi connectivity index (χ0n) is 14.0. The van der Waals surface area contributed by atoms with Crippen molar-refractivity contribution in [2.75, 3.05) is 5.32 Å². The summed E-state index contributed by atoms with van der Waals surface area (Å²) in [6, 6.07) is 19.9. The topological polar surface area (TPSA) is 71.3 Å². The predicted octanol–water partition coefficient (Wildman–Crippen LogP) is 3.86. The second-order valence-electron chi connectivity index (χ2n) is 5.54. The molecule has 26 heavy (non-hydrogen) atoms. The van der Waals surface area contributed by atoms with Crippen molar-refractivity contribution < 1.29 is 14.0 Å². The van der Waals surface area contributed by atoms with E-state index in [1.54, 1.807) is 48.7 Å². The lowest BCUT2D eigenvalue weighted by atomic mass is 10.1. The molecular weight excluding hydrogens is 328 g/mol. The van der Waals surface area contributed by atoms with Gasteiger partial charge in [0.05, 0.1) is 24.1 Å². The Balaban J connectivity index is 1.65. The molecule has 1 heterocycles. The van der Waals surface area contributed by atoms with Gasteiger partial charge in [0.25, 0.3) is 5.91 Å². The summed E-state index contributed by atoms with van der Waals surface area (Å²) in [6.45, 7) is 0.280. The molecule has 0 saturated heterocycles. The second kappa shape index (κ2) is 8.48. The molecule has 0 spiro atoms. The first-order valence-corrected chi connectivity index (χ1v) is 8.16. The lowest BCUT2D eigenvalue weighted by molar-refractivity contribution is -0.111. The highest BCUT2D eigenvalue weighted by Gasteiger charge is 2.12. The van der Waals surface area contributed by atoms with Gasteiger partial charge in [0.1, 0.15) is 5.76 Å². The summed E-state index contributed by atoms with van der Waals surface area (Å²) in [7, 11) is 0. The third-order valence-electron chi connectivity index (χ3n) is 3.66. The van der Waals surface area contributed by atoms with Crippen molar-refractivity contribution in [1.29, 1.82) is 0 Å². The Bertz CT molecular complexity index is 900.